The van der Waals surface area contributed by atoms with Gasteiger partial charge in [-0.1, -0.05) is 6.07 Å². The Hall–Kier alpha value is -4.01. The minimum Gasteiger partial charge on any atom is -0.478 e. The molecule has 3 aromatic rings. The average molecular weight is 393 g/mol. The van der Waals surface area contributed by atoms with E-state index >= 15 is 0 Å². The Labute approximate surface area is 166 Å². The molecular formula is C20H19N5O4. The van der Waals surface area contributed by atoms with Crippen molar-refractivity contribution in [2.75, 3.05) is 5.43 Å². The van der Waals surface area contributed by atoms with Crippen LogP contribution in [-0.4, -0.2) is 31.8 Å². The second kappa shape index (κ2) is 7.93. The fourth-order valence-corrected chi connectivity index (χ4v) is 3.11. The Bertz CT molecular complexity index is 1120. The van der Waals surface area contributed by atoms with Crippen LogP contribution in [0.2, 0.25) is 0 Å². The largest absolute Gasteiger partial charge is 0.478 e. The summed E-state index contributed by atoms with van der Waals surface area (Å²) >= 11 is 0. The van der Waals surface area contributed by atoms with Crippen LogP contribution < -0.4 is 5.43 Å². The molecule has 0 atom stereocenters. The van der Waals surface area contributed by atoms with E-state index in [1.54, 1.807) is 25.3 Å². The number of carboxylic acids is 1. The molecule has 0 aliphatic heterocycles. The van der Waals surface area contributed by atoms with Crippen molar-refractivity contribution in [2.45, 2.75) is 20.8 Å². The molecule has 0 saturated heterocycles. The number of hydrazone groups is 1. The van der Waals surface area contributed by atoms with Crippen molar-refractivity contribution in [3.05, 3.63) is 80.8 Å². The highest BCUT2D eigenvalue weighted by Crippen LogP contribution is 2.24. The zero-order valence-electron chi connectivity index (χ0n) is 16.1. The molecule has 9 nitrogen and oxygen atoms in total. The minimum absolute atomic E-state index is 0.0953. The summed E-state index contributed by atoms with van der Waals surface area (Å²) in [6.07, 6.45) is 2.78. The van der Waals surface area contributed by atoms with Crippen molar-refractivity contribution >= 4 is 23.7 Å². The van der Waals surface area contributed by atoms with Gasteiger partial charge in [0.05, 0.1) is 16.7 Å². The monoisotopic (exact) mass is 393 g/mol. The molecule has 9 heteroatoms. The normalized spacial score (nSPS) is 11.0. The molecule has 0 aliphatic carbocycles. The molecule has 0 fully saturated rings. The van der Waals surface area contributed by atoms with Crippen LogP contribution >= 0.6 is 0 Å². The van der Waals surface area contributed by atoms with Gasteiger partial charge in [-0.15, -0.1) is 0 Å². The number of pyridine rings is 1. The smallest absolute Gasteiger partial charge is 0.336 e. The molecule has 3 rings (SSSR count). The van der Waals surface area contributed by atoms with E-state index < -0.39 is 10.9 Å². The molecule has 0 bridgehead atoms. The number of benzene rings is 1. The van der Waals surface area contributed by atoms with Crippen molar-refractivity contribution in [2.24, 2.45) is 5.10 Å². The van der Waals surface area contributed by atoms with Gasteiger partial charge in [0.15, 0.2) is 0 Å². The topological polar surface area (TPSA) is 123 Å². The van der Waals surface area contributed by atoms with Crippen LogP contribution in [0, 0.1) is 30.9 Å². The van der Waals surface area contributed by atoms with Gasteiger partial charge in [-0.05, 0) is 50.6 Å². The summed E-state index contributed by atoms with van der Waals surface area (Å²) in [5.41, 5.74) is 7.06. The van der Waals surface area contributed by atoms with Crippen LogP contribution in [0.25, 0.3) is 5.69 Å². The summed E-state index contributed by atoms with van der Waals surface area (Å²) in [6.45, 7) is 5.64. The maximum absolute atomic E-state index is 11.4. The summed E-state index contributed by atoms with van der Waals surface area (Å²) in [7, 11) is 0. The third-order valence-electron chi connectivity index (χ3n) is 4.59. The van der Waals surface area contributed by atoms with Crippen LogP contribution in [0.15, 0.2) is 47.7 Å². The first kappa shape index (κ1) is 19.7. The lowest BCUT2D eigenvalue weighted by molar-refractivity contribution is -0.385. The molecule has 1 aromatic carbocycles. The molecule has 2 heterocycles. The zero-order chi connectivity index (χ0) is 21.1. The molecule has 0 radical (unpaired) electrons. The van der Waals surface area contributed by atoms with Gasteiger partial charge in [0.1, 0.15) is 12.0 Å². The van der Waals surface area contributed by atoms with Crippen molar-refractivity contribution in [1.29, 1.82) is 0 Å². The Morgan fingerprint density at radius 3 is 2.66 bits per heavy atom. The van der Waals surface area contributed by atoms with Crippen LogP contribution in [-0.2, 0) is 0 Å². The van der Waals surface area contributed by atoms with Gasteiger partial charge in [-0.25, -0.2) is 9.78 Å². The number of carbonyl (C=O) groups is 1. The number of aromatic carboxylic acids is 1. The van der Waals surface area contributed by atoms with Crippen molar-refractivity contribution < 1.29 is 14.8 Å². The van der Waals surface area contributed by atoms with Gasteiger partial charge < -0.3 is 9.67 Å². The predicted molar refractivity (Wildman–Crippen MR) is 109 cm³/mol. The number of nitrogens with one attached hydrogen (secondary N) is 1. The minimum atomic E-state index is -0.964. The second-order valence-electron chi connectivity index (χ2n) is 6.45. The summed E-state index contributed by atoms with van der Waals surface area (Å²) in [6, 6.07) is 9.94. The standard InChI is InChI=1S/C20H19N5O4/c1-12-9-15(10-22-23-19-8-7-16(11-21-19)25(28)29)14(3)24(12)18-6-4-5-17(13(18)2)20(26)27/h4-11H,1-3H3,(H,21,23)(H,26,27). The van der Waals surface area contributed by atoms with E-state index in [4.69, 9.17) is 0 Å². The SMILES string of the molecule is Cc1c(C(=O)O)cccc1-n1c(C)cc(C=NNc2ccc([N+](=O)[O-])cn2)c1C. The third-order valence-corrected chi connectivity index (χ3v) is 4.59. The molecule has 0 unspecified atom stereocenters. The first-order chi connectivity index (χ1) is 13.8. The number of nitrogens with zero attached hydrogens (tertiary/aromatic N) is 4. The van der Waals surface area contributed by atoms with Crippen LogP contribution in [0.5, 0.6) is 0 Å². The molecule has 0 aliphatic rings. The Morgan fingerprint density at radius 2 is 2.03 bits per heavy atom. The lowest BCUT2D eigenvalue weighted by Gasteiger charge is -2.14. The van der Waals surface area contributed by atoms with Crippen LogP contribution in [0.3, 0.4) is 0 Å². The molecule has 0 saturated carbocycles. The van der Waals surface area contributed by atoms with E-state index in [1.165, 1.54) is 12.1 Å². The highest BCUT2D eigenvalue weighted by Gasteiger charge is 2.15. The molecule has 29 heavy (non-hydrogen) atoms. The predicted octanol–water partition coefficient (Wildman–Crippen LogP) is 3.85. The number of hydrogen-bond acceptors (Lipinski definition) is 6. The van der Waals surface area contributed by atoms with Crippen molar-refractivity contribution in [3.63, 3.8) is 0 Å². The Balaban J connectivity index is 1.86. The number of carboxylic acid groups (broad SMARTS) is 1. The van der Waals surface area contributed by atoms with E-state index in [2.05, 4.69) is 15.5 Å². The van der Waals surface area contributed by atoms with Crippen molar-refractivity contribution in [1.82, 2.24) is 9.55 Å². The van der Waals surface area contributed by atoms with E-state index in [1.807, 2.05) is 30.5 Å². The maximum atomic E-state index is 11.4. The van der Waals surface area contributed by atoms with Gasteiger partial charge in [-0.2, -0.15) is 5.10 Å². The van der Waals surface area contributed by atoms with Gasteiger partial charge in [0.2, 0.25) is 0 Å². The summed E-state index contributed by atoms with van der Waals surface area (Å²) < 4.78 is 1.98. The molecular weight excluding hydrogens is 374 g/mol. The van der Waals surface area contributed by atoms with E-state index in [0.29, 0.717) is 11.4 Å². The highest BCUT2D eigenvalue weighted by atomic mass is 16.6. The van der Waals surface area contributed by atoms with Gasteiger partial charge in [0, 0.05) is 28.7 Å². The number of aromatic nitrogens is 2. The van der Waals surface area contributed by atoms with E-state index in [9.17, 15) is 20.0 Å². The van der Waals surface area contributed by atoms with Crippen LogP contribution in [0.4, 0.5) is 11.5 Å². The fraction of sp³-hybridized carbons (Fsp3) is 0.150. The third kappa shape index (κ3) is 3.98. The summed E-state index contributed by atoms with van der Waals surface area (Å²) in [4.78, 5) is 25.5. The Kier molecular flexibility index (Phi) is 5.40. The van der Waals surface area contributed by atoms with E-state index in [0.717, 1.165) is 28.8 Å². The van der Waals surface area contributed by atoms with E-state index in [-0.39, 0.29) is 11.3 Å². The molecule has 0 spiro atoms. The molecule has 148 valence electrons. The Morgan fingerprint density at radius 1 is 1.28 bits per heavy atom. The number of rotatable bonds is 6. The second-order valence-corrected chi connectivity index (χ2v) is 6.45. The number of anilines is 1. The lowest BCUT2D eigenvalue weighted by atomic mass is 10.1. The zero-order valence-corrected chi connectivity index (χ0v) is 16.1. The number of nitro groups is 1. The summed E-state index contributed by atoms with van der Waals surface area (Å²) in [5.74, 6) is -0.584. The average Bonchev–Trinajstić information content (AvgIpc) is 2.96. The molecule has 2 N–H and O–H groups in total. The first-order valence-corrected chi connectivity index (χ1v) is 8.71. The first-order valence-electron chi connectivity index (χ1n) is 8.71. The summed E-state index contributed by atoms with van der Waals surface area (Å²) in [5, 5.41) is 24.2. The highest BCUT2D eigenvalue weighted by molar-refractivity contribution is 5.90. The number of aryl methyl sites for hydroxylation is 1. The number of hydrogen-bond donors (Lipinski definition) is 2. The van der Waals surface area contributed by atoms with Crippen LogP contribution in [0.1, 0.15) is 32.9 Å². The fourth-order valence-electron chi connectivity index (χ4n) is 3.11. The van der Waals surface area contributed by atoms with Crippen molar-refractivity contribution in [3.8, 4) is 5.69 Å². The quantitative estimate of drug-likeness (QED) is 0.372. The lowest BCUT2D eigenvalue weighted by Crippen LogP contribution is -2.07. The molecule has 2 aromatic heterocycles. The molecule has 0 amide bonds. The van der Waals surface area contributed by atoms with Gasteiger partial charge >= 0.3 is 5.97 Å². The van der Waals surface area contributed by atoms with Gasteiger partial charge in [0.25, 0.3) is 5.69 Å². The maximum Gasteiger partial charge on any atom is 0.336 e. The van der Waals surface area contributed by atoms with Gasteiger partial charge in [-0.3, -0.25) is 15.5 Å².